The van der Waals surface area contributed by atoms with Gasteiger partial charge in [-0.15, -0.1) is 0 Å². The van der Waals surface area contributed by atoms with Gasteiger partial charge in [0.05, 0.1) is 5.69 Å². The molecule has 1 aliphatic carbocycles. The zero-order valence-corrected chi connectivity index (χ0v) is 31.7. The van der Waals surface area contributed by atoms with Gasteiger partial charge < -0.3 is 9.80 Å². The van der Waals surface area contributed by atoms with Crippen molar-refractivity contribution in [3.05, 3.63) is 210 Å². The van der Waals surface area contributed by atoms with Crippen molar-refractivity contribution < 1.29 is 0 Å². The average molecular weight is 795 g/mol. The summed E-state index contributed by atoms with van der Waals surface area (Å²) in [5.74, 6) is 0. The van der Waals surface area contributed by atoms with Crippen LogP contribution in [0.4, 0.5) is 28.4 Å². The summed E-state index contributed by atoms with van der Waals surface area (Å²) in [6.07, 6.45) is 12.8. The van der Waals surface area contributed by atoms with Gasteiger partial charge in [-0.3, -0.25) is 0 Å². The number of anilines is 5. The van der Waals surface area contributed by atoms with Crippen LogP contribution in [-0.2, 0) is 0 Å². The van der Waals surface area contributed by atoms with Crippen molar-refractivity contribution in [1.29, 1.82) is 0 Å². The molecular weight excluding hydrogens is 755 g/mol. The van der Waals surface area contributed by atoms with E-state index in [1.807, 2.05) is 12.2 Å². The van der Waals surface area contributed by atoms with Gasteiger partial charge in [0.15, 0.2) is 0 Å². The summed E-state index contributed by atoms with van der Waals surface area (Å²) in [5.41, 5.74) is 13.6. The van der Waals surface area contributed by atoms with Crippen LogP contribution in [0.2, 0.25) is 0 Å². The second kappa shape index (κ2) is 15.4. The zero-order chi connectivity index (χ0) is 36.1. The summed E-state index contributed by atoms with van der Waals surface area (Å²) in [5, 5.41) is 2.36. The Kier molecular flexibility index (Phi) is 9.91. The van der Waals surface area contributed by atoms with Gasteiger partial charge in [0.25, 0.3) is 0 Å². The monoisotopic (exact) mass is 794 g/mol. The summed E-state index contributed by atoms with van der Waals surface area (Å²) in [6, 6.07) is 56.6. The normalized spacial score (nSPS) is 12.3. The highest BCUT2D eigenvalue weighted by Gasteiger charge is 2.20. The van der Waals surface area contributed by atoms with E-state index in [9.17, 15) is 0 Å². The standard InChI is InChI=1S/C50H39IN2/c1-3-47-48(4-2)50(34-40-16-11-12-21-49(40)47)53(42-18-9-6-10-19-42)45-32-26-39(27-33-45)38-24-30-44(31-25-38)52(46-20-13-17-41(51)35-46)43-28-22-37(23-29-43)36-14-7-5-8-15-36/h3-5,7-9,11-35H,1-2,6,10H2. The highest BCUT2D eigenvalue weighted by atomic mass is 127. The molecule has 53 heavy (non-hydrogen) atoms. The lowest BCUT2D eigenvalue weighted by Gasteiger charge is -2.30. The minimum atomic E-state index is 1.01. The second-order valence-electron chi connectivity index (χ2n) is 13.1. The first-order chi connectivity index (χ1) is 26.1. The number of fused-ring (bicyclic) bond motifs is 1. The molecule has 0 saturated carbocycles. The number of nitrogens with zero attached hydrogens (tertiary/aromatic N) is 2. The lowest BCUT2D eigenvalue weighted by molar-refractivity contribution is 0.997. The number of hydrogen-bond donors (Lipinski definition) is 0. The molecule has 256 valence electrons. The molecule has 0 aliphatic heterocycles. The fraction of sp³-hybridized carbons (Fsp3) is 0.0400. The third-order valence-corrected chi connectivity index (χ3v) is 10.5. The van der Waals surface area contributed by atoms with E-state index in [0.29, 0.717) is 0 Å². The Morgan fingerprint density at radius 3 is 1.62 bits per heavy atom. The van der Waals surface area contributed by atoms with E-state index >= 15 is 0 Å². The maximum atomic E-state index is 4.24. The van der Waals surface area contributed by atoms with Gasteiger partial charge in [0, 0.05) is 37.6 Å². The topological polar surface area (TPSA) is 6.48 Å². The van der Waals surface area contributed by atoms with Crippen molar-refractivity contribution in [1.82, 2.24) is 0 Å². The molecule has 0 aromatic heterocycles. The minimum absolute atomic E-state index is 1.01. The van der Waals surface area contributed by atoms with Crippen molar-refractivity contribution in [3.63, 3.8) is 0 Å². The molecule has 8 rings (SSSR count). The molecule has 2 nitrogen and oxygen atoms in total. The van der Waals surface area contributed by atoms with Crippen LogP contribution in [0.3, 0.4) is 0 Å². The maximum absolute atomic E-state index is 4.24. The summed E-state index contributed by atoms with van der Waals surface area (Å²) in [6.45, 7) is 8.44. The minimum Gasteiger partial charge on any atom is -0.310 e. The van der Waals surface area contributed by atoms with Crippen LogP contribution in [0.5, 0.6) is 0 Å². The second-order valence-corrected chi connectivity index (χ2v) is 14.4. The smallest absolute Gasteiger partial charge is 0.0546 e. The van der Waals surface area contributed by atoms with E-state index in [2.05, 4.69) is 222 Å². The summed E-state index contributed by atoms with van der Waals surface area (Å²) in [4.78, 5) is 4.69. The van der Waals surface area contributed by atoms with Gasteiger partial charge in [-0.05, 0) is 141 Å². The summed E-state index contributed by atoms with van der Waals surface area (Å²) < 4.78 is 1.20. The summed E-state index contributed by atoms with van der Waals surface area (Å²) in [7, 11) is 0. The highest BCUT2D eigenvalue weighted by Crippen LogP contribution is 2.42. The Bertz CT molecular complexity index is 2470. The molecule has 0 unspecified atom stereocenters. The third kappa shape index (κ3) is 7.01. The van der Waals surface area contributed by atoms with Crippen LogP contribution in [0, 0.1) is 3.57 Å². The van der Waals surface area contributed by atoms with Gasteiger partial charge in [0.1, 0.15) is 0 Å². The van der Waals surface area contributed by atoms with Crippen LogP contribution in [0.25, 0.3) is 45.2 Å². The summed E-state index contributed by atoms with van der Waals surface area (Å²) >= 11 is 2.39. The lowest BCUT2D eigenvalue weighted by atomic mass is 9.95. The van der Waals surface area contributed by atoms with Crippen molar-refractivity contribution in [3.8, 4) is 22.3 Å². The molecule has 0 atom stereocenters. The average Bonchev–Trinajstić information content (AvgIpc) is 3.22. The quantitative estimate of drug-likeness (QED) is 0.127. The Morgan fingerprint density at radius 1 is 0.491 bits per heavy atom. The van der Waals surface area contributed by atoms with E-state index in [-0.39, 0.29) is 0 Å². The molecule has 0 amide bonds. The van der Waals surface area contributed by atoms with Crippen molar-refractivity contribution >= 4 is 74.0 Å². The van der Waals surface area contributed by atoms with Crippen LogP contribution in [-0.4, -0.2) is 0 Å². The molecule has 0 spiro atoms. The Labute approximate surface area is 326 Å². The number of hydrogen-bond acceptors (Lipinski definition) is 2. The fourth-order valence-corrected chi connectivity index (χ4v) is 7.82. The molecule has 0 fully saturated rings. The SMILES string of the molecule is C=Cc1c(N(C2=CCCC=C2)c2ccc(-c3ccc(N(c4ccc(-c5ccccc5)cc4)c4cccc(I)c4)cc3)cc2)cc2ccccc2c1C=C. The number of allylic oxidation sites excluding steroid dienone is 3. The molecule has 0 saturated heterocycles. The van der Waals surface area contributed by atoms with Gasteiger partial charge in [-0.2, -0.15) is 0 Å². The Morgan fingerprint density at radius 2 is 1.06 bits per heavy atom. The predicted octanol–water partition coefficient (Wildman–Crippen LogP) is 14.9. The van der Waals surface area contributed by atoms with Gasteiger partial charge >= 0.3 is 0 Å². The fourth-order valence-electron chi connectivity index (χ4n) is 7.29. The van der Waals surface area contributed by atoms with Crippen molar-refractivity contribution in [2.75, 3.05) is 9.80 Å². The zero-order valence-electron chi connectivity index (χ0n) is 29.5. The molecule has 0 radical (unpaired) electrons. The van der Waals surface area contributed by atoms with Crippen molar-refractivity contribution in [2.45, 2.75) is 12.8 Å². The molecule has 0 heterocycles. The van der Waals surface area contributed by atoms with Crippen LogP contribution in [0.1, 0.15) is 24.0 Å². The first-order valence-electron chi connectivity index (χ1n) is 18.0. The molecule has 3 heteroatoms. The number of rotatable bonds is 10. The maximum Gasteiger partial charge on any atom is 0.0546 e. The Hall–Kier alpha value is -5.91. The molecule has 0 bridgehead atoms. The van der Waals surface area contributed by atoms with Gasteiger partial charge in [-0.1, -0.05) is 135 Å². The molecule has 7 aromatic rings. The molecular formula is C50H39IN2. The van der Waals surface area contributed by atoms with Crippen LogP contribution in [0.15, 0.2) is 195 Å². The Balaban J connectivity index is 1.14. The third-order valence-electron chi connectivity index (χ3n) is 9.88. The van der Waals surface area contributed by atoms with E-state index < -0.39 is 0 Å². The number of benzene rings is 7. The van der Waals surface area contributed by atoms with Crippen LogP contribution >= 0.6 is 22.6 Å². The largest absolute Gasteiger partial charge is 0.310 e. The van der Waals surface area contributed by atoms with E-state index in [1.54, 1.807) is 0 Å². The highest BCUT2D eigenvalue weighted by molar-refractivity contribution is 14.1. The van der Waals surface area contributed by atoms with Gasteiger partial charge in [-0.25, -0.2) is 0 Å². The predicted molar refractivity (Wildman–Crippen MR) is 237 cm³/mol. The molecule has 7 aromatic carbocycles. The number of halogens is 1. The van der Waals surface area contributed by atoms with Gasteiger partial charge in [0.2, 0.25) is 0 Å². The van der Waals surface area contributed by atoms with Crippen LogP contribution < -0.4 is 9.80 Å². The first-order valence-corrected chi connectivity index (χ1v) is 19.1. The van der Waals surface area contributed by atoms with Crippen molar-refractivity contribution in [2.24, 2.45) is 0 Å². The van der Waals surface area contributed by atoms with E-state index in [4.69, 9.17) is 0 Å². The lowest BCUT2D eigenvalue weighted by Crippen LogP contribution is -2.17. The molecule has 1 aliphatic rings. The molecule has 0 N–H and O–H groups in total. The first kappa shape index (κ1) is 34.2. The van der Waals surface area contributed by atoms with E-state index in [1.165, 1.54) is 25.5 Å². The van der Waals surface area contributed by atoms with E-state index in [0.717, 1.165) is 69.2 Å².